The molecule has 1 heterocycles. The lowest BCUT2D eigenvalue weighted by Gasteiger charge is -2.26. The van der Waals surface area contributed by atoms with Crippen LogP contribution in [0.1, 0.15) is 49.8 Å². The van der Waals surface area contributed by atoms with Crippen LogP contribution in [-0.2, 0) is 16.8 Å². The Labute approximate surface area is 166 Å². The van der Waals surface area contributed by atoms with Crippen LogP contribution in [0.25, 0.3) is 0 Å². The van der Waals surface area contributed by atoms with Crippen LogP contribution in [0.15, 0.2) is 71.4 Å². The molecule has 5 nitrogen and oxygen atoms in total. The molecule has 0 saturated carbocycles. The third-order valence-electron chi connectivity index (χ3n) is 5.48. The molecule has 2 aromatic carbocycles. The van der Waals surface area contributed by atoms with Crippen molar-refractivity contribution < 1.29 is 4.79 Å². The van der Waals surface area contributed by atoms with Gasteiger partial charge in [0.15, 0.2) is 0 Å². The molecule has 0 spiro atoms. The molecule has 143 valence electrons. The van der Waals surface area contributed by atoms with E-state index in [2.05, 4.69) is 30.6 Å². The number of hydrogen-bond acceptors (Lipinski definition) is 3. The lowest BCUT2D eigenvalue weighted by Crippen LogP contribution is -2.42. The lowest BCUT2D eigenvalue weighted by molar-refractivity contribution is -0.121. The summed E-state index contributed by atoms with van der Waals surface area (Å²) in [5.41, 5.74) is 12.4. The zero-order chi connectivity index (χ0) is 20.3. The number of rotatable bonds is 7. The molecule has 0 N–H and O–H groups in total. The fourth-order valence-electron chi connectivity index (χ4n) is 3.65. The van der Waals surface area contributed by atoms with E-state index in [1.54, 1.807) is 6.92 Å². The number of hydrazone groups is 1. The number of carbonyl (C=O) groups is 1. The van der Waals surface area contributed by atoms with Crippen molar-refractivity contribution in [1.82, 2.24) is 5.53 Å². The first kappa shape index (κ1) is 19.7. The summed E-state index contributed by atoms with van der Waals surface area (Å²) in [7, 11) is 0. The Morgan fingerprint density at radius 3 is 2.54 bits per heavy atom. The van der Waals surface area contributed by atoms with Crippen molar-refractivity contribution >= 4 is 17.3 Å². The van der Waals surface area contributed by atoms with Crippen LogP contribution >= 0.6 is 0 Å². The van der Waals surface area contributed by atoms with E-state index in [0.29, 0.717) is 17.0 Å². The monoisotopic (exact) mass is 373 g/mol. The molecule has 1 amide bonds. The minimum Gasteiger partial charge on any atom is -0.269 e. The largest absolute Gasteiger partial charge is 0.287 e. The van der Waals surface area contributed by atoms with Gasteiger partial charge in [-0.3, -0.25) is 4.79 Å². The molecule has 1 radical (unpaired) electrons. The number of nitrogens with zero attached hydrogens (tertiary/aromatic N) is 4. The van der Waals surface area contributed by atoms with E-state index in [9.17, 15) is 10.3 Å². The van der Waals surface area contributed by atoms with Crippen LogP contribution in [0, 0.1) is 0 Å². The van der Waals surface area contributed by atoms with Crippen molar-refractivity contribution in [3.63, 3.8) is 0 Å². The molecule has 2 aromatic rings. The highest BCUT2D eigenvalue weighted by molar-refractivity contribution is 6.22. The molecule has 0 saturated heterocycles. The summed E-state index contributed by atoms with van der Waals surface area (Å²) in [5, 5.41) is 9.42. The first-order chi connectivity index (χ1) is 13.5. The maximum Gasteiger partial charge on any atom is 0.287 e. The van der Waals surface area contributed by atoms with Crippen molar-refractivity contribution in [1.29, 1.82) is 0 Å². The van der Waals surface area contributed by atoms with Crippen LogP contribution in [0.3, 0.4) is 0 Å². The maximum atomic E-state index is 13.5. The van der Waals surface area contributed by atoms with Gasteiger partial charge < -0.3 is 0 Å². The highest BCUT2D eigenvalue weighted by Gasteiger charge is 2.53. The molecule has 0 aliphatic carbocycles. The Morgan fingerprint density at radius 1 is 1.25 bits per heavy atom. The van der Waals surface area contributed by atoms with Gasteiger partial charge in [0, 0.05) is 5.56 Å². The van der Waals surface area contributed by atoms with Gasteiger partial charge in [-0.25, -0.2) is 0 Å². The summed E-state index contributed by atoms with van der Waals surface area (Å²) in [6, 6.07) is 15.2. The van der Waals surface area contributed by atoms with E-state index >= 15 is 0 Å². The molecule has 0 aromatic heterocycles. The molecule has 28 heavy (non-hydrogen) atoms. The van der Waals surface area contributed by atoms with Crippen molar-refractivity contribution in [3.8, 4) is 0 Å². The minimum absolute atomic E-state index is 0.225. The van der Waals surface area contributed by atoms with Crippen LogP contribution < -0.4 is 10.5 Å². The Kier molecular flexibility index (Phi) is 5.54. The van der Waals surface area contributed by atoms with Gasteiger partial charge in [0.25, 0.3) is 5.91 Å². The van der Waals surface area contributed by atoms with Crippen molar-refractivity contribution in [2.75, 3.05) is 5.01 Å². The molecular weight excluding hydrogens is 348 g/mol. The smallest absolute Gasteiger partial charge is 0.269 e. The number of carbonyl (C=O) groups excluding carboxylic acids is 1. The van der Waals surface area contributed by atoms with Gasteiger partial charge >= 0.3 is 0 Å². The average molecular weight is 373 g/mol. The third-order valence-corrected chi connectivity index (χ3v) is 5.48. The second-order valence-corrected chi connectivity index (χ2v) is 7.17. The normalized spacial score (nSPS) is 20.0. The Hall–Kier alpha value is -3.08. The lowest BCUT2D eigenvalue weighted by atomic mass is 9.79. The van der Waals surface area contributed by atoms with Crippen LogP contribution in [0.5, 0.6) is 0 Å². The summed E-state index contributed by atoms with van der Waals surface area (Å²) < 4.78 is 0. The molecule has 0 bridgehead atoms. The van der Waals surface area contributed by atoms with E-state index in [1.165, 1.54) is 5.01 Å². The summed E-state index contributed by atoms with van der Waals surface area (Å²) in [6.07, 6.45) is 3.51. The molecule has 1 aliphatic heterocycles. The van der Waals surface area contributed by atoms with E-state index in [1.807, 2.05) is 54.6 Å². The molecular formula is C23H25N4O. The van der Waals surface area contributed by atoms with Gasteiger partial charge in [0.05, 0.1) is 11.4 Å². The third kappa shape index (κ3) is 3.07. The summed E-state index contributed by atoms with van der Waals surface area (Å²) in [6.45, 7) is 9.68. The maximum absolute atomic E-state index is 13.5. The SMILES string of the molecule is C=CCc1ccc(N2N=C(C)C(N=[N])(c3ccccc3C(C)CC)C2=O)cc1. The number of hydrogen-bond donors (Lipinski definition) is 0. The minimum atomic E-state index is -1.51. The van der Waals surface area contributed by atoms with E-state index in [-0.39, 0.29) is 11.8 Å². The van der Waals surface area contributed by atoms with Gasteiger partial charge in [-0.1, -0.05) is 56.3 Å². The molecule has 0 fully saturated rings. The highest BCUT2D eigenvalue weighted by atomic mass is 16.2. The molecule has 1 aliphatic rings. The fourth-order valence-corrected chi connectivity index (χ4v) is 3.65. The number of allylic oxidation sites excluding steroid dienone is 1. The average Bonchev–Trinajstić information content (AvgIpc) is 2.99. The predicted molar refractivity (Wildman–Crippen MR) is 112 cm³/mol. The first-order valence-corrected chi connectivity index (χ1v) is 9.55. The van der Waals surface area contributed by atoms with Gasteiger partial charge in [0.1, 0.15) is 0 Å². The topological polar surface area (TPSA) is 67.3 Å². The van der Waals surface area contributed by atoms with Crippen molar-refractivity contribution in [2.45, 2.75) is 45.1 Å². The van der Waals surface area contributed by atoms with Gasteiger partial charge in [0.2, 0.25) is 5.54 Å². The molecule has 5 heteroatoms. The van der Waals surface area contributed by atoms with Crippen molar-refractivity contribution in [3.05, 3.63) is 77.9 Å². The highest BCUT2D eigenvalue weighted by Crippen LogP contribution is 2.40. The number of anilines is 1. The second kappa shape index (κ2) is 7.89. The second-order valence-electron chi connectivity index (χ2n) is 7.17. The Morgan fingerprint density at radius 2 is 1.93 bits per heavy atom. The number of benzene rings is 2. The summed E-state index contributed by atoms with van der Waals surface area (Å²) in [4.78, 5) is 13.5. The van der Waals surface area contributed by atoms with Crippen molar-refractivity contribution in [2.24, 2.45) is 10.2 Å². The van der Waals surface area contributed by atoms with E-state index in [0.717, 1.165) is 24.0 Å². The number of amides is 1. The molecule has 3 rings (SSSR count). The van der Waals surface area contributed by atoms with Gasteiger partial charge in [-0.15, -0.1) is 11.7 Å². The zero-order valence-corrected chi connectivity index (χ0v) is 16.6. The van der Waals surface area contributed by atoms with E-state index in [4.69, 9.17) is 0 Å². The quantitative estimate of drug-likeness (QED) is 0.508. The Bertz CT molecular complexity index is 932. The molecule has 2 atom stereocenters. The first-order valence-electron chi connectivity index (χ1n) is 9.55. The Balaban J connectivity index is 2.07. The summed E-state index contributed by atoms with van der Waals surface area (Å²) in [5.74, 6) is -0.151. The summed E-state index contributed by atoms with van der Waals surface area (Å²) >= 11 is 0. The standard InChI is InChI=1S/C23H25N4O/c1-5-9-18-12-14-19(15-13-18)27-22(28)23(26-24,17(4)25-27)21-11-8-7-10-20(21)16(3)6-2/h5,7-8,10-16H,1,6,9H2,2-4H3. The van der Waals surface area contributed by atoms with Gasteiger partial charge in [-0.2, -0.15) is 10.1 Å². The van der Waals surface area contributed by atoms with E-state index < -0.39 is 5.54 Å². The zero-order valence-electron chi connectivity index (χ0n) is 16.6. The van der Waals surface area contributed by atoms with Crippen LogP contribution in [0.2, 0.25) is 0 Å². The van der Waals surface area contributed by atoms with Crippen LogP contribution in [-0.4, -0.2) is 11.6 Å². The fraction of sp³-hybridized carbons (Fsp3) is 0.304. The van der Waals surface area contributed by atoms with Crippen LogP contribution in [0.4, 0.5) is 5.69 Å². The molecule has 2 unspecified atom stereocenters. The predicted octanol–water partition coefficient (Wildman–Crippen LogP) is 4.80. The van der Waals surface area contributed by atoms with Gasteiger partial charge in [-0.05, 0) is 54.5 Å².